The molecule has 6 heteroatoms. The van der Waals surface area contributed by atoms with Gasteiger partial charge in [0, 0.05) is 12.4 Å². The fourth-order valence-corrected chi connectivity index (χ4v) is 2.44. The molecule has 90 valence electrons. The Bertz CT molecular complexity index is 431. The molecule has 0 aromatic carbocycles. The molecule has 1 aromatic rings. The maximum atomic E-state index is 11.7. The molecule has 0 amide bonds. The molecule has 0 radical (unpaired) electrons. The van der Waals surface area contributed by atoms with E-state index >= 15 is 0 Å². The zero-order chi connectivity index (χ0) is 12.0. The quantitative estimate of drug-likeness (QED) is 0.723. The van der Waals surface area contributed by atoms with Crippen LogP contribution in [-0.2, 0) is 10.0 Å². The van der Waals surface area contributed by atoms with E-state index in [0.717, 1.165) is 5.56 Å². The number of nitrogens with zero attached hydrogens (tertiary/aromatic N) is 1. The number of pyridine rings is 1. The molecule has 1 heterocycles. The molecule has 0 aliphatic rings. The summed E-state index contributed by atoms with van der Waals surface area (Å²) >= 11 is 0. The van der Waals surface area contributed by atoms with E-state index in [2.05, 4.69) is 15.0 Å². The summed E-state index contributed by atoms with van der Waals surface area (Å²) < 4.78 is 25.9. The molecule has 1 rings (SSSR count). The number of anilines is 1. The lowest BCUT2D eigenvalue weighted by Crippen LogP contribution is -2.20. The number of aryl methyl sites for hydroxylation is 1. The highest BCUT2D eigenvalue weighted by atomic mass is 32.2. The third kappa shape index (κ3) is 4.16. The molecular weight excluding hydrogens is 226 g/mol. The predicted octanol–water partition coefficient (Wildman–Crippen LogP) is 0.741. The molecule has 0 unspecified atom stereocenters. The Morgan fingerprint density at radius 2 is 2.19 bits per heavy atom. The third-order valence-electron chi connectivity index (χ3n) is 2.13. The summed E-state index contributed by atoms with van der Waals surface area (Å²) in [6, 6.07) is 1.66. The summed E-state index contributed by atoms with van der Waals surface area (Å²) in [6.45, 7) is 2.51. The number of sulfonamides is 1. The van der Waals surface area contributed by atoms with Crippen molar-refractivity contribution in [3.8, 4) is 0 Å². The molecule has 0 spiro atoms. The Balaban J connectivity index is 2.63. The van der Waals surface area contributed by atoms with Crippen LogP contribution >= 0.6 is 0 Å². The SMILES string of the molecule is CNCCCS(=O)(=O)Nc1ccncc1C. The number of hydrogen-bond acceptors (Lipinski definition) is 4. The summed E-state index contributed by atoms with van der Waals surface area (Å²) in [4.78, 5) is 3.91. The minimum atomic E-state index is -3.25. The minimum absolute atomic E-state index is 0.121. The van der Waals surface area contributed by atoms with Crippen LogP contribution in [0.25, 0.3) is 0 Å². The van der Waals surface area contributed by atoms with E-state index in [-0.39, 0.29) is 5.75 Å². The van der Waals surface area contributed by atoms with Gasteiger partial charge in [-0.3, -0.25) is 9.71 Å². The normalized spacial score (nSPS) is 11.4. The first-order chi connectivity index (χ1) is 7.55. The van der Waals surface area contributed by atoms with Crippen LogP contribution in [0.4, 0.5) is 5.69 Å². The molecule has 1 aromatic heterocycles. The van der Waals surface area contributed by atoms with Crippen molar-refractivity contribution < 1.29 is 8.42 Å². The van der Waals surface area contributed by atoms with Gasteiger partial charge in [0.15, 0.2) is 0 Å². The molecule has 16 heavy (non-hydrogen) atoms. The molecule has 0 aliphatic carbocycles. The Hall–Kier alpha value is -1.14. The maximum absolute atomic E-state index is 11.7. The van der Waals surface area contributed by atoms with E-state index in [1.807, 2.05) is 6.92 Å². The largest absolute Gasteiger partial charge is 0.320 e. The second-order valence-corrected chi connectivity index (χ2v) is 5.41. The van der Waals surface area contributed by atoms with E-state index in [0.29, 0.717) is 18.7 Å². The Labute approximate surface area is 96.3 Å². The first-order valence-electron chi connectivity index (χ1n) is 5.11. The van der Waals surface area contributed by atoms with Crippen LogP contribution < -0.4 is 10.0 Å². The Morgan fingerprint density at radius 3 is 2.81 bits per heavy atom. The van der Waals surface area contributed by atoms with Crippen LogP contribution in [0.1, 0.15) is 12.0 Å². The molecule has 2 N–H and O–H groups in total. The highest BCUT2D eigenvalue weighted by Crippen LogP contribution is 2.13. The standard InChI is InChI=1S/C10H17N3O2S/c1-9-8-12-6-4-10(9)13-16(14,15)7-3-5-11-2/h4,6,8,11H,3,5,7H2,1-2H3,(H,12,13). The van der Waals surface area contributed by atoms with Gasteiger partial charge in [-0.05, 0) is 38.6 Å². The molecule has 0 saturated heterocycles. The van der Waals surface area contributed by atoms with Crippen LogP contribution in [0.3, 0.4) is 0 Å². The molecule has 0 atom stereocenters. The van der Waals surface area contributed by atoms with E-state index in [1.54, 1.807) is 25.5 Å². The van der Waals surface area contributed by atoms with Crippen molar-refractivity contribution in [2.75, 3.05) is 24.1 Å². The average molecular weight is 243 g/mol. The van der Waals surface area contributed by atoms with Gasteiger partial charge < -0.3 is 5.32 Å². The van der Waals surface area contributed by atoms with Crippen LogP contribution in [-0.4, -0.2) is 32.7 Å². The third-order valence-corrected chi connectivity index (χ3v) is 3.48. The van der Waals surface area contributed by atoms with Gasteiger partial charge in [0.05, 0.1) is 11.4 Å². The average Bonchev–Trinajstić information content (AvgIpc) is 2.21. The van der Waals surface area contributed by atoms with Crippen molar-refractivity contribution in [1.82, 2.24) is 10.3 Å². The number of nitrogens with one attached hydrogen (secondary N) is 2. The van der Waals surface area contributed by atoms with Gasteiger partial charge in [-0.1, -0.05) is 0 Å². The maximum Gasteiger partial charge on any atom is 0.232 e. The lowest BCUT2D eigenvalue weighted by atomic mass is 10.3. The Kier molecular flexibility index (Phi) is 4.70. The minimum Gasteiger partial charge on any atom is -0.320 e. The van der Waals surface area contributed by atoms with Gasteiger partial charge >= 0.3 is 0 Å². The summed E-state index contributed by atoms with van der Waals surface area (Å²) in [5.41, 5.74) is 1.42. The fourth-order valence-electron chi connectivity index (χ4n) is 1.25. The molecule has 0 saturated carbocycles. The zero-order valence-electron chi connectivity index (χ0n) is 9.53. The van der Waals surface area contributed by atoms with Crippen LogP contribution in [0, 0.1) is 6.92 Å². The van der Waals surface area contributed by atoms with Crippen molar-refractivity contribution >= 4 is 15.7 Å². The number of hydrogen-bond donors (Lipinski definition) is 2. The molecular formula is C10H17N3O2S. The second kappa shape index (κ2) is 5.81. The van der Waals surface area contributed by atoms with Gasteiger partial charge in [0.2, 0.25) is 10.0 Å². The summed E-state index contributed by atoms with van der Waals surface area (Å²) in [5, 5.41) is 2.91. The van der Waals surface area contributed by atoms with Crippen LogP contribution in [0.2, 0.25) is 0 Å². The van der Waals surface area contributed by atoms with Crippen molar-refractivity contribution in [3.05, 3.63) is 24.0 Å². The van der Waals surface area contributed by atoms with E-state index in [9.17, 15) is 8.42 Å². The summed E-state index contributed by atoms with van der Waals surface area (Å²) in [6.07, 6.45) is 3.79. The lowest BCUT2D eigenvalue weighted by Gasteiger charge is -2.09. The van der Waals surface area contributed by atoms with Crippen LogP contribution in [0.5, 0.6) is 0 Å². The first kappa shape index (κ1) is 12.9. The summed E-state index contributed by atoms with van der Waals surface area (Å²) in [7, 11) is -1.45. The molecule has 0 fully saturated rings. The van der Waals surface area contributed by atoms with Gasteiger partial charge in [-0.2, -0.15) is 0 Å². The molecule has 5 nitrogen and oxygen atoms in total. The first-order valence-corrected chi connectivity index (χ1v) is 6.76. The van der Waals surface area contributed by atoms with Crippen molar-refractivity contribution in [2.24, 2.45) is 0 Å². The predicted molar refractivity (Wildman–Crippen MR) is 64.9 cm³/mol. The monoisotopic (exact) mass is 243 g/mol. The topological polar surface area (TPSA) is 71.1 Å². The Morgan fingerprint density at radius 1 is 1.44 bits per heavy atom. The van der Waals surface area contributed by atoms with Crippen LogP contribution in [0.15, 0.2) is 18.5 Å². The second-order valence-electron chi connectivity index (χ2n) is 3.57. The molecule has 0 aliphatic heterocycles. The van der Waals surface area contributed by atoms with Gasteiger partial charge in [0.1, 0.15) is 0 Å². The van der Waals surface area contributed by atoms with Gasteiger partial charge in [0.25, 0.3) is 0 Å². The van der Waals surface area contributed by atoms with E-state index in [4.69, 9.17) is 0 Å². The fraction of sp³-hybridized carbons (Fsp3) is 0.500. The van der Waals surface area contributed by atoms with E-state index < -0.39 is 10.0 Å². The molecule has 0 bridgehead atoms. The number of rotatable bonds is 6. The zero-order valence-corrected chi connectivity index (χ0v) is 10.3. The van der Waals surface area contributed by atoms with Gasteiger partial charge in [-0.25, -0.2) is 8.42 Å². The van der Waals surface area contributed by atoms with Gasteiger partial charge in [-0.15, -0.1) is 0 Å². The highest BCUT2D eigenvalue weighted by molar-refractivity contribution is 7.92. The smallest absolute Gasteiger partial charge is 0.232 e. The summed E-state index contributed by atoms with van der Waals surface area (Å²) in [5.74, 6) is 0.121. The van der Waals surface area contributed by atoms with Crippen molar-refractivity contribution in [2.45, 2.75) is 13.3 Å². The lowest BCUT2D eigenvalue weighted by molar-refractivity contribution is 0.597. The van der Waals surface area contributed by atoms with Crippen molar-refractivity contribution in [1.29, 1.82) is 0 Å². The highest BCUT2D eigenvalue weighted by Gasteiger charge is 2.10. The van der Waals surface area contributed by atoms with Crippen molar-refractivity contribution in [3.63, 3.8) is 0 Å². The van der Waals surface area contributed by atoms with E-state index in [1.165, 1.54) is 0 Å². The number of aromatic nitrogens is 1.